The summed E-state index contributed by atoms with van der Waals surface area (Å²) >= 11 is 0. The Kier molecular flexibility index (Phi) is 24.6. The Morgan fingerprint density at radius 2 is 0.636 bits per heavy atom. The normalized spacial score (nSPS) is 11.2. The van der Waals surface area contributed by atoms with Crippen LogP contribution < -0.4 is 10.7 Å². The molecule has 0 bridgehead atoms. The van der Waals surface area contributed by atoms with Crippen LogP contribution >= 0.6 is 0 Å². The maximum atomic E-state index is 4.76. The SMILES string of the molecule is CCCCCCCCCN=c1ccn(CCCCCCCCCCCCn2ccc(=NCCCCCCCCC)cc2)cc1. The van der Waals surface area contributed by atoms with Gasteiger partial charge in [0.05, 0.1) is 10.7 Å². The zero-order chi connectivity index (χ0) is 31.2. The number of rotatable bonds is 29. The second kappa shape index (κ2) is 28.4. The molecule has 2 heterocycles. The van der Waals surface area contributed by atoms with Gasteiger partial charge in [0.2, 0.25) is 0 Å². The number of aryl methyl sites for hydroxylation is 2. The molecule has 2 rings (SSSR count). The van der Waals surface area contributed by atoms with Crippen molar-refractivity contribution in [3.05, 3.63) is 59.8 Å². The highest BCUT2D eigenvalue weighted by atomic mass is 14.9. The van der Waals surface area contributed by atoms with Gasteiger partial charge in [-0.15, -0.1) is 0 Å². The Morgan fingerprint density at radius 3 is 0.955 bits per heavy atom. The van der Waals surface area contributed by atoms with Crippen molar-refractivity contribution < 1.29 is 0 Å². The summed E-state index contributed by atoms with van der Waals surface area (Å²) in [6.45, 7) is 8.77. The molecule has 0 spiro atoms. The van der Waals surface area contributed by atoms with Crippen LogP contribution in [-0.2, 0) is 13.1 Å². The molecule has 0 saturated heterocycles. The number of aromatic nitrogens is 2. The number of hydrogen-bond acceptors (Lipinski definition) is 2. The fourth-order valence-electron chi connectivity index (χ4n) is 5.96. The molecule has 0 saturated carbocycles. The molecule has 0 aliphatic heterocycles. The topological polar surface area (TPSA) is 34.6 Å². The van der Waals surface area contributed by atoms with Crippen LogP contribution in [0.4, 0.5) is 0 Å². The monoisotopic (exact) mass is 607 g/mol. The summed E-state index contributed by atoms with van der Waals surface area (Å²) in [5.41, 5.74) is 0. The van der Waals surface area contributed by atoms with Crippen LogP contribution in [0.3, 0.4) is 0 Å². The van der Waals surface area contributed by atoms with Gasteiger partial charge in [-0.05, 0) is 49.9 Å². The Balaban J connectivity index is 1.37. The van der Waals surface area contributed by atoms with Crippen molar-refractivity contribution in [1.29, 1.82) is 0 Å². The molecular weight excluding hydrogens is 536 g/mol. The van der Waals surface area contributed by atoms with E-state index in [1.165, 1.54) is 154 Å². The largest absolute Gasteiger partial charge is 0.354 e. The van der Waals surface area contributed by atoms with Gasteiger partial charge in [-0.3, -0.25) is 9.98 Å². The van der Waals surface area contributed by atoms with Gasteiger partial charge in [-0.2, -0.15) is 0 Å². The summed E-state index contributed by atoms with van der Waals surface area (Å²) in [6, 6.07) is 8.74. The molecule has 0 radical (unpaired) electrons. The van der Waals surface area contributed by atoms with Gasteiger partial charge >= 0.3 is 0 Å². The van der Waals surface area contributed by atoms with Crippen LogP contribution in [0.25, 0.3) is 0 Å². The van der Waals surface area contributed by atoms with E-state index in [0.717, 1.165) is 36.9 Å². The van der Waals surface area contributed by atoms with Gasteiger partial charge in [-0.1, -0.05) is 142 Å². The Morgan fingerprint density at radius 1 is 0.364 bits per heavy atom. The number of hydrogen-bond donors (Lipinski definition) is 0. The number of pyridine rings is 2. The first-order chi connectivity index (χ1) is 21.8. The van der Waals surface area contributed by atoms with Crippen molar-refractivity contribution in [2.75, 3.05) is 13.1 Å². The van der Waals surface area contributed by atoms with E-state index in [2.05, 4.69) is 72.0 Å². The summed E-state index contributed by atoms with van der Waals surface area (Å²) in [7, 11) is 0. The lowest BCUT2D eigenvalue weighted by molar-refractivity contribution is 0.521. The minimum atomic E-state index is 0.974. The predicted octanol–water partition coefficient (Wildman–Crippen LogP) is 11.2. The summed E-state index contributed by atoms with van der Waals surface area (Å²) < 4.78 is 4.65. The number of nitrogens with zero attached hydrogens (tertiary/aromatic N) is 4. The molecule has 0 unspecified atom stereocenters. The third-order valence-corrected chi connectivity index (χ3v) is 8.94. The van der Waals surface area contributed by atoms with E-state index in [4.69, 9.17) is 9.98 Å². The summed E-state index contributed by atoms with van der Waals surface area (Å²) in [6.07, 6.45) is 41.4. The van der Waals surface area contributed by atoms with Gasteiger partial charge in [0, 0.05) is 51.0 Å². The van der Waals surface area contributed by atoms with Crippen molar-refractivity contribution in [3.8, 4) is 0 Å². The molecule has 44 heavy (non-hydrogen) atoms. The number of unbranched alkanes of at least 4 members (excludes halogenated alkanes) is 21. The highest BCUT2D eigenvalue weighted by molar-refractivity contribution is 4.94. The molecule has 0 fully saturated rings. The lowest BCUT2D eigenvalue weighted by Crippen LogP contribution is -2.06. The van der Waals surface area contributed by atoms with Crippen LogP contribution in [-0.4, -0.2) is 22.2 Å². The molecule has 0 aliphatic rings. The van der Waals surface area contributed by atoms with Crippen LogP contribution in [0, 0.1) is 0 Å². The fourth-order valence-corrected chi connectivity index (χ4v) is 5.96. The molecule has 0 atom stereocenters. The Hall–Kier alpha value is -2.10. The molecule has 4 nitrogen and oxygen atoms in total. The first-order valence-corrected chi connectivity index (χ1v) is 19.1. The minimum Gasteiger partial charge on any atom is -0.354 e. The highest BCUT2D eigenvalue weighted by Gasteiger charge is 1.96. The van der Waals surface area contributed by atoms with Crippen molar-refractivity contribution >= 4 is 0 Å². The van der Waals surface area contributed by atoms with Gasteiger partial charge in [0.25, 0.3) is 0 Å². The second-order valence-electron chi connectivity index (χ2n) is 13.1. The average molecular weight is 607 g/mol. The smallest absolute Gasteiger partial charge is 0.0603 e. The van der Waals surface area contributed by atoms with E-state index < -0.39 is 0 Å². The highest BCUT2D eigenvalue weighted by Crippen LogP contribution is 2.12. The third kappa shape index (κ3) is 21.6. The van der Waals surface area contributed by atoms with E-state index in [1.807, 2.05) is 0 Å². The Bertz CT molecular complexity index is 910. The van der Waals surface area contributed by atoms with Crippen LogP contribution in [0.1, 0.15) is 168 Å². The molecule has 0 N–H and O–H groups in total. The molecule has 250 valence electrons. The van der Waals surface area contributed by atoms with Crippen molar-refractivity contribution in [2.45, 2.75) is 181 Å². The lowest BCUT2D eigenvalue weighted by atomic mass is 10.1. The maximum absolute atomic E-state index is 4.76. The van der Waals surface area contributed by atoms with Crippen LogP contribution in [0.15, 0.2) is 59.0 Å². The predicted molar refractivity (Wildman–Crippen MR) is 192 cm³/mol. The summed E-state index contributed by atoms with van der Waals surface area (Å²) in [4.78, 5) is 9.52. The fraction of sp³-hybridized carbons (Fsp3) is 0.750. The first kappa shape index (κ1) is 38.1. The summed E-state index contributed by atoms with van der Waals surface area (Å²) in [5.74, 6) is 0. The van der Waals surface area contributed by atoms with Gasteiger partial charge in [0.1, 0.15) is 0 Å². The molecule has 0 aliphatic carbocycles. The van der Waals surface area contributed by atoms with Gasteiger partial charge < -0.3 is 9.13 Å². The molecule has 2 aromatic heterocycles. The van der Waals surface area contributed by atoms with Gasteiger partial charge in [0.15, 0.2) is 0 Å². The van der Waals surface area contributed by atoms with E-state index in [0.29, 0.717) is 0 Å². The van der Waals surface area contributed by atoms with E-state index in [1.54, 1.807) is 0 Å². The zero-order valence-corrected chi connectivity index (χ0v) is 29.2. The van der Waals surface area contributed by atoms with Crippen molar-refractivity contribution in [1.82, 2.24) is 9.13 Å². The third-order valence-electron chi connectivity index (χ3n) is 8.94. The quantitative estimate of drug-likeness (QED) is 0.0826. The van der Waals surface area contributed by atoms with Gasteiger partial charge in [-0.25, -0.2) is 0 Å². The average Bonchev–Trinajstić information content (AvgIpc) is 3.05. The molecule has 2 aromatic rings. The van der Waals surface area contributed by atoms with E-state index in [9.17, 15) is 0 Å². The molecule has 4 heteroatoms. The van der Waals surface area contributed by atoms with E-state index >= 15 is 0 Å². The second-order valence-corrected chi connectivity index (χ2v) is 13.1. The first-order valence-electron chi connectivity index (χ1n) is 19.1. The van der Waals surface area contributed by atoms with E-state index in [-0.39, 0.29) is 0 Å². The standard InChI is InChI=1S/C40H70N4/c1-3-5-7-9-15-19-23-31-41-39-27-35-43(36-28-39)33-25-21-17-13-11-12-14-18-22-26-34-44-37-29-40(30-38-44)42-32-24-20-16-10-8-6-4-2/h27-30,35-38H,3-26,31-34H2,1-2H3. The zero-order valence-electron chi connectivity index (χ0n) is 29.2. The maximum Gasteiger partial charge on any atom is 0.0603 e. The summed E-state index contributed by atoms with van der Waals surface area (Å²) in [5, 5.41) is 2.28. The van der Waals surface area contributed by atoms with Crippen LogP contribution in [0.2, 0.25) is 0 Å². The molecular formula is C40H70N4. The molecule has 0 amide bonds. The Labute approximate surface area is 272 Å². The minimum absolute atomic E-state index is 0.974. The van der Waals surface area contributed by atoms with Crippen molar-refractivity contribution in [3.63, 3.8) is 0 Å². The van der Waals surface area contributed by atoms with Crippen LogP contribution in [0.5, 0.6) is 0 Å². The van der Waals surface area contributed by atoms with Crippen molar-refractivity contribution in [2.24, 2.45) is 9.98 Å². The molecule has 0 aromatic carbocycles. The lowest BCUT2D eigenvalue weighted by Gasteiger charge is -2.07.